The number of nitrogens with zero attached hydrogens (tertiary/aromatic N) is 4. The van der Waals surface area contributed by atoms with Crippen molar-refractivity contribution >= 4 is 11.9 Å². The zero-order valence-corrected chi connectivity index (χ0v) is 17.9. The first-order chi connectivity index (χ1) is 14.2. The molecule has 2 aliphatic heterocycles. The Hall–Kier alpha value is -2.06. The molecule has 0 radical (unpaired) electrons. The van der Waals surface area contributed by atoms with Crippen LogP contribution in [0.2, 0.25) is 0 Å². The summed E-state index contributed by atoms with van der Waals surface area (Å²) in [4.78, 5) is 22.6. The second-order valence-corrected chi connectivity index (χ2v) is 7.86. The van der Waals surface area contributed by atoms with E-state index in [4.69, 9.17) is 4.42 Å². The topological polar surface area (TPSA) is 76.4 Å². The minimum Gasteiger partial charge on any atom is -0.468 e. The van der Waals surface area contributed by atoms with Crippen molar-refractivity contribution in [3.05, 3.63) is 24.2 Å². The van der Waals surface area contributed by atoms with Crippen LogP contribution >= 0.6 is 0 Å². The number of nitrogens with one attached hydrogen (secondary N) is 2. The molecule has 0 saturated carbocycles. The predicted molar refractivity (Wildman–Crippen MR) is 115 cm³/mol. The summed E-state index contributed by atoms with van der Waals surface area (Å²) in [5.41, 5.74) is 0. The van der Waals surface area contributed by atoms with E-state index in [0.717, 1.165) is 70.6 Å². The summed E-state index contributed by atoms with van der Waals surface area (Å²) in [5.74, 6) is 2.01. The zero-order chi connectivity index (χ0) is 20.5. The molecule has 2 saturated heterocycles. The molecule has 0 spiro atoms. The quantitative estimate of drug-likeness (QED) is 0.524. The normalized spacial score (nSPS) is 20.5. The second-order valence-electron chi connectivity index (χ2n) is 7.86. The van der Waals surface area contributed by atoms with Gasteiger partial charge < -0.3 is 20.0 Å². The smallest absolute Gasteiger partial charge is 0.219 e. The Morgan fingerprint density at radius 1 is 1.14 bits per heavy atom. The molecular formula is C21H36N6O2. The van der Waals surface area contributed by atoms with Crippen molar-refractivity contribution in [1.82, 2.24) is 25.3 Å². The Labute approximate surface area is 174 Å². The van der Waals surface area contributed by atoms with Gasteiger partial charge in [-0.2, -0.15) is 0 Å². The summed E-state index contributed by atoms with van der Waals surface area (Å²) in [6.07, 6.45) is 5.58. The molecule has 0 bridgehead atoms. The summed E-state index contributed by atoms with van der Waals surface area (Å²) >= 11 is 0. The third kappa shape index (κ3) is 6.47. The van der Waals surface area contributed by atoms with Crippen LogP contribution < -0.4 is 10.6 Å². The van der Waals surface area contributed by atoms with Gasteiger partial charge in [0.25, 0.3) is 0 Å². The van der Waals surface area contributed by atoms with Crippen molar-refractivity contribution < 1.29 is 9.21 Å². The molecule has 0 aliphatic carbocycles. The first-order valence-corrected chi connectivity index (χ1v) is 10.9. The van der Waals surface area contributed by atoms with Crippen LogP contribution in [0.1, 0.15) is 38.0 Å². The molecule has 1 aromatic heterocycles. The Kier molecular flexibility index (Phi) is 8.37. The highest BCUT2D eigenvalue weighted by Crippen LogP contribution is 2.24. The van der Waals surface area contributed by atoms with Crippen molar-refractivity contribution in [1.29, 1.82) is 0 Å². The number of guanidine groups is 1. The van der Waals surface area contributed by atoms with E-state index in [1.54, 1.807) is 13.2 Å². The van der Waals surface area contributed by atoms with E-state index in [2.05, 4.69) is 31.5 Å². The van der Waals surface area contributed by atoms with Crippen molar-refractivity contribution in [3.63, 3.8) is 0 Å². The highest BCUT2D eigenvalue weighted by atomic mass is 16.3. The lowest BCUT2D eigenvalue weighted by Gasteiger charge is -2.34. The summed E-state index contributed by atoms with van der Waals surface area (Å²) in [7, 11) is 1.81. The van der Waals surface area contributed by atoms with Gasteiger partial charge in [0.15, 0.2) is 5.96 Å². The number of amides is 1. The van der Waals surface area contributed by atoms with Gasteiger partial charge in [0.05, 0.1) is 12.3 Å². The third-order valence-corrected chi connectivity index (χ3v) is 5.93. The molecule has 1 aromatic rings. The van der Waals surface area contributed by atoms with E-state index < -0.39 is 0 Å². The number of piperidine rings is 1. The number of hydrogen-bond acceptors (Lipinski definition) is 5. The molecule has 1 amide bonds. The lowest BCUT2D eigenvalue weighted by Crippen LogP contribution is -2.50. The number of carbonyl (C=O) groups excluding carboxylic acids is 1. The standard InChI is InChI=1S/C21H36N6O2/c1-18(28)26-14-12-25(13-15-26)11-8-23-21(22-2)24-17-19(20-7-6-16-29-20)27-9-4-3-5-10-27/h6-7,16,19H,3-5,8-15,17H2,1-2H3,(H2,22,23,24). The van der Waals surface area contributed by atoms with Gasteiger partial charge in [0.1, 0.15) is 5.76 Å². The fraction of sp³-hybridized carbons (Fsp3) is 0.714. The molecular weight excluding hydrogens is 368 g/mol. The fourth-order valence-corrected chi connectivity index (χ4v) is 4.15. The van der Waals surface area contributed by atoms with Gasteiger partial charge in [-0.3, -0.25) is 19.6 Å². The largest absolute Gasteiger partial charge is 0.468 e. The van der Waals surface area contributed by atoms with E-state index in [1.165, 1.54) is 19.3 Å². The molecule has 2 fully saturated rings. The molecule has 2 aliphatic rings. The predicted octanol–water partition coefficient (Wildman–Crippen LogP) is 1.14. The molecule has 1 unspecified atom stereocenters. The summed E-state index contributed by atoms with van der Waals surface area (Å²) < 4.78 is 5.72. The van der Waals surface area contributed by atoms with Gasteiger partial charge >= 0.3 is 0 Å². The molecule has 0 aromatic carbocycles. The van der Waals surface area contributed by atoms with E-state index in [-0.39, 0.29) is 11.9 Å². The fourth-order valence-electron chi connectivity index (χ4n) is 4.15. The average molecular weight is 405 g/mol. The van der Waals surface area contributed by atoms with E-state index >= 15 is 0 Å². The minimum atomic E-state index is 0.173. The number of piperazine rings is 1. The van der Waals surface area contributed by atoms with Crippen LogP contribution in [-0.4, -0.2) is 92.5 Å². The monoisotopic (exact) mass is 404 g/mol. The maximum atomic E-state index is 11.4. The van der Waals surface area contributed by atoms with Crippen molar-refractivity contribution in [2.45, 2.75) is 32.2 Å². The number of carbonyl (C=O) groups is 1. The summed E-state index contributed by atoms with van der Waals surface area (Å²) in [6, 6.07) is 4.26. The van der Waals surface area contributed by atoms with E-state index in [0.29, 0.717) is 0 Å². The Morgan fingerprint density at radius 2 is 1.90 bits per heavy atom. The van der Waals surface area contributed by atoms with Crippen LogP contribution in [0.15, 0.2) is 27.8 Å². The highest BCUT2D eigenvalue weighted by molar-refractivity contribution is 5.79. The van der Waals surface area contributed by atoms with Crippen LogP contribution in [0.5, 0.6) is 0 Å². The van der Waals surface area contributed by atoms with E-state index in [9.17, 15) is 4.79 Å². The molecule has 8 heteroatoms. The minimum absolute atomic E-state index is 0.173. The van der Waals surface area contributed by atoms with Crippen molar-refractivity contribution in [2.75, 3.05) is 66.0 Å². The van der Waals surface area contributed by atoms with Gasteiger partial charge in [-0.1, -0.05) is 6.42 Å². The number of likely N-dealkylation sites (tertiary alicyclic amines) is 1. The highest BCUT2D eigenvalue weighted by Gasteiger charge is 2.24. The number of furan rings is 1. The van der Waals surface area contributed by atoms with E-state index in [1.807, 2.05) is 18.0 Å². The molecule has 1 atom stereocenters. The van der Waals surface area contributed by atoms with Gasteiger partial charge in [0.2, 0.25) is 5.91 Å². The zero-order valence-electron chi connectivity index (χ0n) is 17.9. The number of hydrogen-bond donors (Lipinski definition) is 2. The first kappa shape index (κ1) is 21.6. The molecule has 8 nitrogen and oxygen atoms in total. The van der Waals surface area contributed by atoms with Gasteiger partial charge in [-0.25, -0.2) is 0 Å². The van der Waals surface area contributed by atoms with Crippen molar-refractivity contribution in [3.8, 4) is 0 Å². The third-order valence-electron chi connectivity index (χ3n) is 5.93. The van der Waals surface area contributed by atoms with Gasteiger partial charge in [0, 0.05) is 59.8 Å². The number of rotatable bonds is 7. The lowest BCUT2D eigenvalue weighted by atomic mass is 10.1. The molecule has 162 valence electrons. The molecule has 2 N–H and O–H groups in total. The van der Waals surface area contributed by atoms with Gasteiger partial charge in [-0.05, 0) is 38.1 Å². The van der Waals surface area contributed by atoms with Crippen LogP contribution in [0.4, 0.5) is 0 Å². The van der Waals surface area contributed by atoms with Crippen LogP contribution in [0, 0.1) is 0 Å². The molecule has 3 rings (SSSR count). The lowest BCUT2D eigenvalue weighted by molar-refractivity contribution is -0.130. The van der Waals surface area contributed by atoms with Crippen LogP contribution in [0.25, 0.3) is 0 Å². The maximum absolute atomic E-state index is 11.4. The van der Waals surface area contributed by atoms with Crippen LogP contribution in [-0.2, 0) is 4.79 Å². The SMILES string of the molecule is CN=C(NCCN1CCN(C(C)=O)CC1)NCC(c1ccco1)N1CCCCC1. The van der Waals surface area contributed by atoms with Crippen molar-refractivity contribution in [2.24, 2.45) is 4.99 Å². The first-order valence-electron chi connectivity index (χ1n) is 10.9. The summed E-state index contributed by atoms with van der Waals surface area (Å²) in [6.45, 7) is 9.93. The maximum Gasteiger partial charge on any atom is 0.219 e. The molecule has 29 heavy (non-hydrogen) atoms. The molecule has 3 heterocycles. The second kappa shape index (κ2) is 11.2. The average Bonchev–Trinajstić information content (AvgIpc) is 3.28. The Balaban J connectivity index is 1.42. The van der Waals surface area contributed by atoms with Crippen LogP contribution in [0.3, 0.4) is 0 Å². The van der Waals surface area contributed by atoms with Gasteiger partial charge in [-0.15, -0.1) is 0 Å². The Morgan fingerprint density at radius 3 is 2.52 bits per heavy atom. The number of aliphatic imine (C=N–C) groups is 1. The Bertz CT molecular complexity index is 634. The summed E-state index contributed by atoms with van der Waals surface area (Å²) in [5, 5.41) is 6.90.